The topological polar surface area (TPSA) is 105 Å². The van der Waals surface area contributed by atoms with Crippen LogP contribution >= 0.6 is 11.8 Å². The highest BCUT2D eigenvalue weighted by Crippen LogP contribution is 2.47. The molecule has 10 heteroatoms. The SMILES string of the molecule is O=C(CCN=C1NS(=O)(=O)c2ccccc21)OCC(=O)N1c2ccccc2Sc2ccccc21. The number of rotatable bonds is 5. The van der Waals surface area contributed by atoms with Gasteiger partial charge in [0.1, 0.15) is 5.84 Å². The van der Waals surface area contributed by atoms with Crippen molar-refractivity contribution in [3.05, 3.63) is 78.4 Å². The van der Waals surface area contributed by atoms with Crippen LogP contribution in [0.25, 0.3) is 0 Å². The van der Waals surface area contributed by atoms with Gasteiger partial charge in [-0.1, -0.05) is 48.2 Å². The zero-order valence-corrected chi connectivity index (χ0v) is 19.4. The van der Waals surface area contributed by atoms with Crippen molar-refractivity contribution >= 4 is 50.9 Å². The molecule has 0 saturated heterocycles. The molecule has 3 aromatic carbocycles. The summed E-state index contributed by atoms with van der Waals surface area (Å²) in [5.74, 6) is -0.768. The van der Waals surface area contributed by atoms with E-state index in [1.165, 1.54) is 6.07 Å². The lowest BCUT2D eigenvalue weighted by molar-refractivity contribution is -0.147. The highest BCUT2D eigenvalue weighted by Gasteiger charge is 2.30. The number of aliphatic imine (C=N–C) groups is 1. The van der Waals surface area contributed by atoms with E-state index < -0.39 is 22.6 Å². The zero-order valence-electron chi connectivity index (χ0n) is 17.8. The van der Waals surface area contributed by atoms with Gasteiger partial charge in [-0.2, -0.15) is 0 Å². The number of hydrogen-bond acceptors (Lipinski definition) is 7. The normalized spacial score (nSPS) is 16.2. The Morgan fingerprint density at radius 1 is 0.912 bits per heavy atom. The standard InChI is InChI=1S/C24H19N3O5S2/c28-22(27-17-8-2-4-10-19(17)33-20-11-5-3-9-18(20)27)15-32-23(29)13-14-25-24-16-7-1-6-12-21(16)34(30,31)26-24/h1-12H,13-15H2,(H,25,26). The summed E-state index contributed by atoms with van der Waals surface area (Å²) in [6.45, 7) is -0.399. The number of fused-ring (bicyclic) bond motifs is 3. The number of carbonyl (C=O) groups is 2. The predicted molar refractivity (Wildman–Crippen MR) is 128 cm³/mol. The smallest absolute Gasteiger partial charge is 0.308 e. The third-order valence-electron chi connectivity index (χ3n) is 5.29. The molecule has 0 unspecified atom stereocenters. The lowest BCUT2D eigenvalue weighted by atomic mass is 10.2. The highest BCUT2D eigenvalue weighted by atomic mass is 32.2. The van der Waals surface area contributed by atoms with Crippen molar-refractivity contribution in [3.63, 3.8) is 0 Å². The van der Waals surface area contributed by atoms with Gasteiger partial charge in [0.2, 0.25) is 0 Å². The summed E-state index contributed by atoms with van der Waals surface area (Å²) >= 11 is 1.58. The molecule has 5 rings (SSSR count). The first-order valence-electron chi connectivity index (χ1n) is 10.5. The number of anilines is 2. The monoisotopic (exact) mass is 493 g/mol. The molecule has 0 aliphatic carbocycles. The molecule has 0 aromatic heterocycles. The fraction of sp³-hybridized carbons (Fsp3) is 0.125. The van der Waals surface area contributed by atoms with Crippen LogP contribution in [-0.4, -0.2) is 39.3 Å². The Labute approximate surface area is 200 Å². The van der Waals surface area contributed by atoms with Gasteiger partial charge in [-0.3, -0.25) is 24.2 Å². The van der Waals surface area contributed by atoms with E-state index in [4.69, 9.17) is 4.74 Å². The highest BCUT2D eigenvalue weighted by molar-refractivity contribution is 7.99. The molecule has 1 N–H and O–H groups in total. The molecule has 0 bridgehead atoms. The van der Waals surface area contributed by atoms with Gasteiger partial charge in [0.05, 0.1) is 29.2 Å². The van der Waals surface area contributed by atoms with Gasteiger partial charge < -0.3 is 4.74 Å². The summed E-state index contributed by atoms with van der Waals surface area (Å²) in [6, 6.07) is 21.6. The van der Waals surface area contributed by atoms with Crippen molar-refractivity contribution in [2.24, 2.45) is 4.99 Å². The molecule has 0 atom stereocenters. The number of esters is 1. The number of amidine groups is 1. The molecule has 0 fully saturated rings. The first-order valence-corrected chi connectivity index (χ1v) is 12.8. The van der Waals surface area contributed by atoms with Crippen LogP contribution in [0.4, 0.5) is 11.4 Å². The predicted octanol–water partition coefficient (Wildman–Crippen LogP) is 3.49. The average Bonchev–Trinajstić information content (AvgIpc) is 3.11. The van der Waals surface area contributed by atoms with Gasteiger partial charge in [0.15, 0.2) is 6.61 Å². The van der Waals surface area contributed by atoms with Crippen molar-refractivity contribution in [2.45, 2.75) is 21.1 Å². The van der Waals surface area contributed by atoms with Crippen LogP contribution in [0.15, 0.2) is 92.5 Å². The molecule has 172 valence electrons. The number of sulfonamides is 1. The lowest BCUT2D eigenvalue weighted by Gasteiger charge is -2.30. The summed E-state index contributed by atoms with van der Waals surface area (Å²) < 4.78 is 31.9. The fourth-order valence-electron chi connectivity index (χ4n) is 3.76. The van der Waals surface area contributed by atoms with E-state index in [0.717, 1.165) is 21.2 Å². The number of nitrogens with one attached hydrogen (secondary N) is 1. The molecule has 0 spiro atoms. The molecular weight excluding hydrogens is 474 g/mol. The maximum atomic E-state index is 13.1. The van der Waals surface area contributed by atoms with Gasteiger partial charge in [0.25, 0.3) is 15.9 Å². The van der Waals surface area contributed by atoms with E-state index in [0.29, 0.717) is 5.56 Å². The minimum absolute atomic E-state index is 0.0191. The van der Waals surface area contributed by atoms with Crippen molar-refractivity contribution in [1.82, 2.24) is 4.72 Å². The summed E-state index contributed by atoms with van der Waals surface area (Å²) in [5.41, 5.74) is 1.95. The van der Waals surface area contributed by atoms with Crippen LogP contribution in [0, 0.1) is 0 Å². The summed E-state index contributed by atoms with van der Waals surface area (Å²) in [7, 11) is -3.64. The van der Waals surface area contributed by atoms with Crippen LogP contribution in [0.1, 0.15) is 12.0 Å². The Balaban J connectivity index is 1.23. The van der Waals surface area contributed by atoms with E-state index in [1.807, 2.05) is 48.5 Å². The number of ether oxygens (including phenoxy) is 1. The minimum Gasteiger partial charge on any atom is -0.455 e. The van der Waals surface area contributed by atoms with Crippen LogP contribution < -0.4 is 9.62 Å². The summed E-state index contributed by atoms with van der Waals surface area (Å²) in [4.78, 5) is 33.1. The Morgan fingerprint density at radius 2 is 1.53 bits per heavy atom. The van der Waals surface area contributed by atoms with E-state index in [-0.39, 0.29) is 29.6 Å². The molecule has 1 amide bonds. The number of amides is 1. The van der Waals surface area contributed by atoms with Crippen molar-refractivity contribution in [3.8, 4) is 0 Å². The van der Waals surface area contributed by atoms with Crippen LogP contribution in [0.2, 0.25) is 0 Å². The largest absolute Gasteiger partial charge is 0.455 e. The van der Waals surface area contributed by atoms with Gasteiger partial charge in [-0.05, 0) is 36.4 Å². The Bertz CT molecular complexity index is 1390. The van der Waals surface area contributed by atoms with E-state index in [2.05, 4.69) is 9.71 Å². The third-order valence-corrected chi connectivity index (χ3v) is 7.81. The molecular formula is C24H19N3O5S2. The first kappa shape index (κ1) is 22.2. The first-order chi connectivity index (χ1) is 16.4. The number of carbonyl (C=O) groups excluding carboxylic acids is 2. The summed E-state index contributed by atoms with van der Waals surface area (Å²) in [5, 5.41) is 0. The van der Waals surface area contributed by atoms with Crippen LogP contribution in [0.3, 0.4) is 0 Å². The van der Waals surface area contributed by atoms with Gasteiger partial charge in [-0.25, -0.2) is 8.42 Å². The van der Waals surface area contributed by atoms with E-state index in [9.17, 15) is 18.0 Å². The van der Waals surface area contributed by atoms with Gasteiger partial charge in [0, 0.05) is 15.4 Å². The zero-order chi connectivity index (χ0) is 23.7. The number of hydrogen-bond donors (Lipinski definition) is 1. The second-order valence-corrected chi connectivity index (χ2v) is 10.2. The molecule has 2 aliphatic rings. The van der Waals surface area contributed by atoms with E-state index in [1.54, 1.807) is 34.9 Å². The van der Waals surface area contributed by atoms with Crippen molar-refractivity contribution in [1.29, 1.82) is 0 Å². The Kier molecular flexibility index (Phi) is 5.84. The van der Waals surface area contributed by atoms with Crippen molar-refractivity contribution < 1.29 is 22.7 Å². The third kappa shape index (κ3) is 4.17. The van der Waals surface area contributed by atoms with Gasteiger partial charge in [-0.15, -0.1) is 0 Å². The molecule has 2 aliphatic heterocycles. The molecule has 8 nitrogen and oxygen atoms in total. The lowest BCUT2D eigenvalue weighted by Crippen LogP contribution is -2.32. The molecule has 34 heavy (non-hydrogen) atoms. The Morgan fingerprint density at radius 3 is 2.24 bits per heavy atom. The quantitative estimate of drug-likeness (QED) is 0.546. The van der Waals surface area contributed by atoms with Crippen molar-refractivity contribution in [2.75, 3.05) is 18.1 Å². The molecule has 2 heterocycles. The molecule has 3 aromatic rings. The van der Waals surface area contributed by atoms with Crippen LogP contribution in [-0.2, 0) is 24.3 Å². The fourth-order valence-corrected chi connectivity index (χ4v) is 6.07. The summed E-state index contributed by atoms with van der Waals surface area (Å²) in [6.07, 6.45) is -0.0936. The number of benzene rings is 3. The van der Waals surface area contributed by atoms with Gasteiger partial charge >= 0.3 is 5.97 Å². The number of nitrogens with zero attached hydrogens (tertiary/aromatic N) is 2. The second-order valence-electron chi connectivity index (χ2n) is 7.51. The number of para-hydroxylation sites is 2. The maximum Gasteiger partial charge on any atom is 0.308 e. The van der Waals surface area contributed by atoms with Crippen LogP contribution in [0.5, 0.6) is 0 Å². The van der Waals surface area contributed by atoms with E-state index >= 15 is 0 Å². The Hall–Kier alpha value is -3.63. The minimum atomic E-state index is -3.64. The average molecular weight is 494 g/mol. The maximum absolute atomic E-state index is 13.1. The molecule has 0 saturated carbocycles. The second kappa shape index (κ2) is 8.96. The molecule has 0 radical (unpaired) electrons.